The van der Waals surface area contributed by atoms with Crippen LogP contribution in [0.25, 0.3) is 0 Å². The van der Waals surface area contributed by atoms with Crippen LogP contribution in [0.3, 0.4) is 0 Å². The predicted molar refractivity (Wildman–Crippen MR) is 100 cm³/mol. The molecule has 0 aromatic heterocycles. The Morgan fingerprint density at radius 3 is 2.41 bits per heavy atom. The third kappa shape index (κ3) is 3.22. The van der Waals surface area contributed by atoms with Gasteiger partial charge in [0.25, 0.3) is 5.91 Å². The van der Waals surface area contributed by atoms with Crippen molar-refractivity contribution in [3.05, 3.63) is 34.4 Å². The number of carbonyl (C=O) groups is 3. The largest absolute Gasteiger partial charge is 0.480 e. The Morgan fingerprint density at radius 1 is 1.19 bits per heavy atom. The summed E-state index contributed by atoms with van der Waals surface area (Å²) < 4.78 is 0. The van der Waals surface area contributed by atoms with Crippen molar-refractivity contribution in [3.63, 3.8) is 0 Å². The van der Waals surface area contributed by atoms with Gasteiger partial charge in [0, 0.05) is 0 Å². The second-order valence-corrected chi connectivity index (χ2v) is 9.01. The maximum atomic E-state index is 12.9. The monoisotopic (exact) mass is 373 g/mol. The van der Waals surface area contributed by atoms with Crippen molar-refractivity contribution < 1.29 is 24.6 Å². The highest BCUT2D eigenvalue weighted by molar-refractivity contribution is 6.09. The summed E-state index contributed by atoms with van der Waals surface area (Å²) >= 11 is 0. The molecule has 0 unspecified atom stereocenters. The first-order chi connectivity index (χ1) is 12.5. The molecule has 2 aliphatic rings. The summed E-state index contributed by atoms with van der Waals surface area (Å²) in [6, 6.07) is 2.90. The van der Waals surface area contributed by atoms with E-state index in [1.54, 1.807) is 6.92 Å². The number of carboxylic acids is 2. The smallest absolute Gasteiger partial charge is 0.336 e. The first kappa shape index (κ1) is 19.4. The maximum Gasteiger partial charge on any atom is 0.336 e. The molecule has 1 heterocycles. The van der Waals surface area contributed by atoms with Crippen molar-refractivity contribution >= 4 is 17.8 Å². The molecule has 1 saturated carbocycles. The molecule has 0 saturated heterocycles. The SMILES string of the molecule is C[C@@H]1c2c([C@@]3(C)CCCC(C)(C)C3)ccc(C(=O)O)c2C(=O)N1CC(=O)O. The van der Waals surface area contributed by atoms with E-state index >= 15 is 0 Å². The lowest BCUT2D eigenvalue weighted by atomic mass is 9.60. The van der Waals surface area contributed by atoms with Gasteiger partial charge in [-0.1, -0.05) is 33.3 Å². The Morgan fingerprint density at radius 2 is 1.85 bits per heavy atom. The fraction of sp³-hybridized carbons (Fsp3) is 0.571. The summed E-state index contributed by atoms with van der Waals surface area (Å²) in [5, 5.41) is 18.8. The van der Waals surface area contributed by atoms with Crippen molar-refractivity contribution in [2.45, 2.75) is 64.8 Å². The molecule has 6 nitrogen and oxygen atoms in total. The molecule has 1 fully saturated rings. The number of hydrogen-bond donors (Lipinski definition) is 2. The van der Waals surface area contributed by atoms with Crippen molar-refractivity contribution in [3.8, 4) is 0 Å². The Labute approximate surface area is 159 Å². The van der Waals surface area contributed by atoms with Gasteiger partial charge in [-0.25, -0.2) is 4.79 Å². The third-order valence-electron chi connectivity index (χ3n) is 6.24. The fourth-order valence-corrected chi connectivity index (χ4v) is 5.24. The lowest BCUT2D eigenvalue weighted by molar-refractivity contribution is -0.138. The Bertz CT molecular complexity index is 828. The van der Waals surface area contributed by atoms with Gasteiger partial charge >= 0.3 is 11.9 Å². The molecule has 0 radical (unpaired) electrons. The molecule has 1 aromatic rings. The van der Waals surface area contributed by atoms with Crippen LogP contribution in [-0.4, -0.2) is 39.5 Å². The quantitative estimate of drug-likeness (QED) is 0.836. The molecule has 146 valence electrons. The number of carboxylic acid groups (broad SMARTS) is 2. The molecule has 1 aromatic carbocycles. The van der Waals surface area contributed by atoms with E-state index in [-0.39, 0.29) is 22.0 Å². The van der Waals surface area contributed by atoms with Gasteiger partial charge in [0.15, 0.2) is 0 Å². The predicted octanol–water partition coefficient (Wildman–Crippen LogP) is 3.84. The zero-order valence-corrected chi connectivity index (χ0v) is 16.3. The van der Waals surface area contributed by atoms with Crippen molar-refractivity contribution in [2.75, 3.05) is 6.54 Å². The van der Waals surface area contributed by atoms with E-state index in [4.69, 9.17) is 0 Å². The van der Waals surface area contributed by atoms with Crippen LogP contribution in [0.15, 0.2) is 12.1 Å². The highest BCUT2D eigenvalue weighted by Crippen LogP contribution is 2.51. The zero-order valence-electron chi connectivity index (χ0n) is 16.3. The lowest BCUT2D eigenvalue weighted by Gasteiger charge is -2.44. The van der Waals surface area contributed by atoms with E-state index in [9.17, 15) is 24.6 Å². The minimum atomic E-state index is -1.16. The van der Waals surface area contributed by atoms with Gasteiger partial charge in [-0.2, -0.15) is 0 Å². The summed E-state index contributed by atoms with van der Waals surface area (Å²) in [4.78, 5) is 37.2. The van der Waals surface area contributed by atoms with E-state index in [0.717, 1.165) is 31.2 Å². The van der Waals surface area contributed by atoms with Crippen molar-refractivity contribution in [1.82, 2.24) is 4.90 Å². The molecule has 2 atom stereocenters. The normalized spacial score (nSPS) is 26.7. The van der Waals surface area contributed by atoms with E-state index in [1.807, 2.05) is 6.07 Å². The Balaban J connectivity index is 2.19. The number of hydrogen-bond acceptors (Lipinski definition) is 3. The Hall–Kier alpha value is -2.37. The van der Waals surface area contributed by atoms with Crippen LogP contribution in [0, 0.1) is 5.41 Å². The summed E-state index contributed by atoms with van der Waals surface area (Å²) in [5.74, 6) is -2.77. The fourth-order valence-electron chi connectivity index (χ4n) is 5.24. The average Bonchev–Trinajstić information content (AvgIpc) is 2.78. The summed E-state index contributed by atoms with van der Waals surface area (Å²) in [6.07, 6.45) is 4.12. The number of amides is 1. The molecule has 0 bridgehead atoms. The molecular weight excluding hydrogens is 346 g/mol. The highest BCUT2D eigenvalue weighted by Gasteiger charge is 2.45. The molecule has 0 spiro atoms. The number of nitrogens with zero attached hydrogens (tertiary/aromatic N) is 1. The van der Waals surface area contributed by atoms with Crippen LogP contribution in [0.2, 0.25) is 0 Å². The van der Waals surface area contributed by atoms with E-state index in [2.05, 4.69) is 20.8 Å². The van der Waals surface area contributed by atoms with Gasteiger partial charge in [-0.05, 0) is 54.2 Å². The molecular formula is C21H27NO5. The van der Waals surface area contributed by atoms with E-state index in [0.29, 0.717) is 5.56 Å². The third-order valence-corrected chi connectivity index (χ3v) is 6.24. The van der Waals surface area contributed by atoms with Gasteiger partial charge in [-0.3, -0.25) is 9.59 Å². The van der Waals surface area contributed by atoms with E-state index < -0.39 is 30.4 Å². The molecule has 1 amide bonds. The first-order valence-electron chi connectivity index (χ1n) is 9.40. The number of benzene rings is 1. The molecule has 27 heavy (non-hydrogen) atoms. The number of aliphatic carboxylic acids is 1. The van der Waals surface area contributed by atoms with Gasteiger partial charge < -0.3 is 15.1 Å². The molecule has 3 rings (SSSR count). The molecule has 1 aliphatic heterocycles. The van der Waals surface area contributed by atoms with Gasteiger partial charge in [0.1, 0.15) is 6.54 Å². The second kappa shape index (κ2) is 6.36. The maximum absolute atomic E-state index is 12.9. The minimum absolute atomic E-state index is 0.0443. The number of aromatic carboxylic acids is 1. The van der Waals surface area contributed by atoms with Crippen molar-refractivity contribution in [1.29, 1.82) is 0 Å². The van der Waals surface area contributed by atoms with Crippen LogP contribution >= 0.6 is 0 Å². The number of rotatable bonds is 4. The van der Waals surface area contributed by atoms with Crippen LogP contribution in [-0.2, 0) is 10.2 Å². The lowest BCUT2D eigenvalue weighted by Crippen LogP contribution is -2.36. The van der Waals surface area contributed by atoms with Crippen LogP contribution < -0.4 is 0 Å². The molecule has 2 N–H and O–H groups in total. The van der Waals surface area contributed by atoms with Gasteiger partial charge in [0.2, 0.25) is 0 Å². The summed E-state index contributed by atoms with van der Waals surface area (Å²) in [7, 11) is 0. The van der Waals surface area contributed by atoms with E-state index in [1.165, 1.54) is 11.0 Å². The number of fused-ring (bicyclic) bond motifs is 1. The second-order valence-electron chi connectivity index (χ2n) is 9.01. The molecule has 6 heteroatoms. The average molecular weight is 373 g/mol. The van der Waals surface area contributed by atoms with Gasteiger partial charge in [-0.15, -0.1) is 0 Å². The zero-order chi connectivity index (χ0) is 20.1. The summed E-state index contributed by atoms with van der Waals surface area (Å²) in [6.45, 7) is 8.01. The van der Waals surface area contributed by atoms with Gasteiger partial charge in [0.05, 0.1) is 17.2 Å². The highest BCUT2D eigenvalue weighted by atomic mass is 16.4. The van der Waals surface area contributed by atoms with Crippen molar-refractivity contribution in [2.24, 2.45) is 5.41 Å². The topological polar surface area (TPSA) is 94.9 Å². The standard InChI is InChI=1S/C21H27NO5/c1-12-16-14(21(4)9-5-8-20(2,3)11-21)7-6-13(19(26)27)17(16)18(25)22(12)10-15(23)24/h6-7,12H,5,8-11H2,1-4H3,(H,23,24)(H,26,27)/t12-,21+/m1/s1. The molecule has 1 aliphatic carbocycles. The van der Waals surface area contributed by atoms with Crippen LogP contribution in [0.5, 0.6) is 0 Å². The van der Waals surface area contributed by atoms with Crippen LogP contribution in [0.1, 0.15) is 91.3 Å². The summed E-state index contributed by atoms with van der Waals surface area (Å²) in [5.41, 5.74) is 1.80. The Kier molecular flexibility index (Phi) is 4.57. The van der Waals surface area contributed by atoms with Crippen LogP contribution in [0.4, 0.5) is 0 Å². The number of carbonyl (C=O) groups excluding carboxylic acids is 1. The first-order valence-corrected chi connectivity index (χ1v) is 9.40. The minimum Gasteiger partial charge on any atom is -0.480 e.